The molecule has 0 spiro atoms. The number of aromatic nitrogens is 5. The van der Waals surface area contributed by atoms with Crippen LogP contribution in [0.4, 0.5) is 4.39 Å². The Morgan fingerprint density at radius 2 is 1.92 bits per heavy atom. The van der Waals surface area contributed by atoms with Crippen molar-refractivity contribution in [3.63, 3.8) is 0 Å². The molecule has 7 heteroatoms. The number of halogens is 2. The van der Waals surface area contributed by atoms with E-state index in [-0.39, 0.29) is 11.1 Å². The molecular weight excluding hydrogens is 353 g/mol. The van der Waals surface area contributed by atoms with E-state index in [9.17, 15) is 4.39 Å². The van der Waals surface area contributed by atoms with Gasteiger partial charge in [-0.05, 0) is 51.1 Å². The Bertz CT molecular complexity index is 1110. The molecule has 26 heavy (non-hydrogen) atoms. The van der Waals surface area contributed by atoms with Crippen LogP contribution in [0, 0.1) is 12.7 Å². The summed E-state index contributed by atoms with van der Waals surface area (Å²) < 4.78 is 17.4. The van der Waals surface area contributed by atoms with Gasteiger partial charge in [0.15, 0.2) is 5.65 Å². The van der Waals surface area contributed by atoms with E-state index >= 15 is 0 Å². The first-order chi connectivity index (χ1) is 12.5. The normalized spacial score (nSPS) is 11.6. The lowest BCUT2D eigenvalue weighted by Crippen LogP contribution is -2.05. The maximum absolute atomic E-state index is 13.6. The standard InChI is InChI=1S/C19H17ClFN5/c1-11(2)25-10-23-18(13-4-5-15(21)14(20)8-13)19(25)16-6-7-17-22-9-12(3)26(17)24-16/h4-11H,1-3H3. The van der Waals surface area contributed by atoms with Crippen LogP contribution in [-0.4, -0.2) is 24.1 Å². The van der Waals surface area contributed by atoms with Crippen molar-refractivity contribution in [3.8, 4) is 22.6 Å². The molecule has 0 atom stereocenters. The van der Waals surface area contributed by atoms with Crippen LogP contribution < -0.4 is 0 Å². The van der Waals surface area contributed by atoms with Crippen molar-refractivity contribution in [1.82, 2.24) is 24.1 Å². The van der Waals surface area contributed by atoms with Gasteiger partial charge in [0, 0.05) is 11.6 Å². The molecule has 0 radical (unpaired) electrons. The van der Waals surface area contributed by atoms with Crippen molar-refractivity contribution in [2.45, 2.75) is 26.8 Å². The van der Waals surface area contributed by atoms with E-state index in [1.54, 1.807) is 29.2 Å². The summed E-state index contributed by atoms with van der Waals surface area (Å²) in [5.41, 5.74) is 4.82. The summed E-state index contributed by atoms with van der Waals surface area (Å²) in [5.74, 6) is -0.450. The summed E-state index contributed by atoms with van der Waals surface area (Å²) in [6, 6.07) is 8.66. The van der Waals surface area contributed by atoms with Crippen molar-refractivity contribution in [2.75, 3.05) is 0 Å². The Morgan fingerprint density at radius 1 is 1.12 bits per heavy atom. The van der Waals surface area contributed by atoms with Gasteiger partial charge in [-0.15, -0.1) is 0 Å². The summed E-state index contributed by atoms with van der Waals surface area (Å²) in [6.07, 6.45) is 3.56. The molecular formula is C19H17ClFN5. The maximum Gasteiger partial charge on any atom is 0.153 e. The van der Waals surface area contributed by atoms with Crippen molar-refractivity contribution in [2.24, 2.45) is 0 Å². The SMILES string of the molecule is Cc1cnc2ccc(-c3c(-c4ccc(F)c(Cl)c4)ncn3C(C)C)nn12. The average Bonchev–Trinajstić information content (AvgIpc) is 3.21. The minimum absolute atomic E-state index is 0.0708. The predicted octanol–water partition coefficient (Wildman–Crippen LogP) is 4.94. The molecule has 0 bridgehead atoms. The van der Waals surface area contributed by atoms with Gasteiger partial charge in [-0.2, -0.15) is 5.10 Å². The largest absolute Gasteiger partial charge is 0.326 e. The van der Waals surface area contributed by atoms with Crippen LogP contribution in [0.2, 0.25) is 5.02 Å². The second-order valence-electron chi connectivity index (χ2n) is 6.46. The highest BCUT2D eigenvalue weighted by Crippen LogP contribution is 2.33. The molecule has 4 aromatic rings. The van der Waals surface area contributed by atoms with Crippen LogP contribution in [0.5, 0.6) is 0 Å². The topological polar surface area (TPSA) is 48.0 Å². The van der Waals surface area contributed by atoms with Gasteiger partial charge in [0.2, 0.25) is 0 Å². The van der Waals surface area contributed by atoms with Crippen LogP contribution in [-0.2, 0) is 0 Å². The molecule has 132 valence electrons. The Morgan fingerprint density at radius 3 is 2.65 bits per heavy atom. The fourth-order valence-electron chi connectivity index (χ4n) is 2.98. The van der Waals surface area contributed by atoms with Gasteiger partial charge in [0.05, 0.1) is 34.6 Å². The van der Waals surface area contributed by atoms with E-state index in [4.69, 9.17) is 16.7 Å². The van der Waals surface area contributed by atoms with Gasteiger partial charge in [0.1, 0.15) is 11.5 Å². The fourth-order valence-corrected chi connectivity index (χ4v) is 3.16. The van der Waals surface area contributed by atoms with Gasteiger partial charge in [0.25, 0.3) is 0 Å². The summed E-state index contributed by atoms with van der Waals surface area (Å²) in [5, 5.41) is 4.80. The first kappa shape index (κ1) is 16.7. The van der Waals surface area contributed by atoms with Crippen LogP contribution >= 0.6 is 11.6 Å². The molecule has 0 N–H and O–H groups in total. The van der Waals surface area contributed by atoms with E-state index in [0.717, 1.165) is 28.3 Å². The zero-order chi connectivity index (χ0) is 18.4. The minimum Gasteiger partial charge on any atom is -0.326 e. The number of hydrogen-bond acceptors (Lipinski definition) is 3. The third kappa shape index (κ3) is 2.66. The highest BCUT2D eigenvalue weighted by atomic mass is 35.5. The zero-order valence-corrected chi connectivity index (χ0v) is 15.4. The summed E-state index contributed by atoms with van der Waals surface area (Å²) in [4.78, 5) is 8.88. The lowest BCUT2D eigenvalue weighted by atomic mass is 10.1. The molecule has 0 aliphatic rings. The van der Waals surface area contributed by atoms with E-state index in [1.807, 2.05) is 23.6 Å². The van der Waals surface area contributed by atoms with E-state index < -0.39 is 5.82 Å². The molecule has 0 amide bonds. The van der Waals surface area contributed by atoms with Crippen molar-refractivity contribution < 1.29 is 4.39 Å². The van der Waals surface area contributed by atoms with Gasteiger partial charge in [-0.3, -0.25) is 0 Å². The molecule has 3 aromatic heterocycles. The molecule has 4 rings (SSSR count). The summed E-state index contributed by atoms with van der Waals surface area (Å²) in [7, 11) is 0. The van der Waals surface area contributed by atoms with E-state index in [0.29, 0.717) is 5.69 Å². The van der Waals surface area contributed by atoms with E-state index in [2.05, 4.69) is 23.8 Å². The highest BCUT2D eigenvalue weighted by molar-refractivity contribution is 6.31. The van der Waals surface area contributed by atoms with Crippen LogP contribution in [0.3, 0.4) is 0 Å². The predicted molar refractivity (Wildman–Crippen MR) is 99.7 cm³/mol. The quantitative estimate of drug-likeness (QED) is 0.513. The first-order valence-electron chi connectivity index (χ1n) is 8.29. The number of fused-ring (bicyclic) bond motifs is 1. The molecule has 0 fully saturated rings. The number of nitrogens with zero attached hydrogens (tertiary/aromatic N) is 5. The molecule has 0 unspecified atom stereocenters. The fraction of sp³-hybridized carbons (Fsp3) is 0.211. The second kappa shape index (κ2) is 6.21. The second-order valence-corrected chi connectivity index (χ2v) is 6.87. The van der Waals surface area contributed by atoms with Gasteiger partial charge in [-0.25, -0.2) is 18.9 Å². The number of imidazole rings is 2. The smallest absolute Gasteiger partial charge is 0.153 e. The van der Waals surface area contributed by atoms with Gasteiger partial charge in [-0.1, -0.05) is 11.6 Å². The maximum atomic E-state index is 13.6. The first-order valence-corrected chi connectivity index (χ1v) is 8.67. The van der Waals surface area contributed by atoms with Crippen LogP contribution in [0.1, 0.15) is 25.6 Å². The third-order valence-electron chi connectivity index (χ3n) is 4.32. The number of benzene rings is 1. The highest BCUT2D eigenvalue weighted by Gasteiger charge is 2.19. The molecule has 0 aliphatic heterocycles. The van der Waals surface area contributed by atoms with Gasteiger partial charge >= 0.3 is 0 Å². The molecule has 0 saturated heterocycles. The van der Waals surface area contributed by atoms with Crippen molar-refractivity contribution in [1.29, 1.82) is 0 Å². The number of aryl methyl sites for hydroxylation is 1. The lowest BCUT2D eigenvalue weighted by molar-refractivity contribution is 0.603. The van der Waals surface area contributed by atoms with Gasteiger partial charge < -0.3 is 4.57 Å². The van der Waals surface area contributed by atoms with Crippen molar-refractivity contribution in [3.05, 3.63) is 59.4 Å². The monoisotopic (exact) mass is 369 g/mol. The van der Waals surface area contributed by atoms with Crippen molar-refractivity contribution >= 4 is 17.2 Å². The Kier molecular flexibility index (Phi) is 4.00. The lowest BCUT2D eigenvalue weighted by Gasteiger charge is -2.13. The summed E-state index contributed by atoms with van der Waals surface area (Å²) in [6.45, 7) is 6.11. The Labute approximate surface area is 155 Å². The average molecular weight is 370 g/mol. The molecule has 3 heterocycles. The molecule has 0 aliphatic carbocycles. The molecule has 0 saturated carbocycles. The van der Waals surface area contributed by atoms with Crippen LogP contribution in [0.15, 0.2) is 42.9 Å². The Balaban J connectivity index is 1.96. The zero-order valence-electron chi connectivity index (χ0n) is 14.6. The Hall–Kier alpha value is -2.73. The molecule has 5 nitrogen and oxygen atoms in total. The van der Waals surface area contributed by atoms with Crippen LogP contribution in [0.25, 0.3) is 28.3 Å². The summed E-state index contributed by atoms with van der Waals surface area (Å²) >= 11 is 5.98. The minimum atomic E-state index is -0.450. The number of rotatable bonds is 3. The third-order valence-corrected chi connectivity index (χ3v) is 4.61. The van der Waals surface area contributed by atoms with E-state index in [1.165, 1.54) is 6.07 Å². The number of hydrogen-bond donors (Lipinski definition) is 0. The molecule has 1 aromatic carbocycles.